The molecule has 10 nitrogen and oxygen atoms in total. The Morgan fingerprint density at radius 1 is 1.00 bits per heavy atom. The first kappa shape index (κ1) is 44.5. The summed E-state index contributed by atoms with van der Waals surface area (Å²) in [5.74, 6) is -0.119. The maximum Gasteiger partial charge on any atom is 0.335 e. The lowest BCUT2D eigenvalue weighted by Crippen LogP contribution is -2.45. The highest BCUT2D eigenvalue weighted by Crippen LogP contribution is 2.38. The van der Waals surface area contributed by atoms with Crippen LogP contribution in [-0.2, 0) is 42.7 Å². The first-order valence-corrected chi connectivity index (χ1v) is 19.1. The molecule has 0 radical (unpaired) electrons. The van der Waals surface area contributed by atoms with Crippen molar-refractivity contribution >= 4 is 5.97 Å². The van der Waals surface area contributed by atoms with E-state index in [9.17, 15) is 9.90 Å². The van der Waals surface area contributed by atoms with Crippen molar-refractivity contribution in [2.75, 3.05) is 19.8 Å². The number of cyclic esters (lactones) is 1. The van der Waals surface area contributed by atoms with Crippen LogP contribution in [0.3, 0.4) is 0 Å². The fourth-order valence-corrected chi connectivity index (χ4v) is 6.78. The molecule has 0 saturated carbocycles. The number of hydrogen-bond donors (Lipinski definition) is 1. The lowest BCUT2D eigenvalue weighted by atomic mass is 9.88. The van der Waals surface area contributed by atoms with E-state index >= 15 is 0 Å². The number of ether oxygens (including phenoxy) is 8. The molecule has 2 aliphatic rings. The van der Waals surface area contributed by atoms with Crippen LogP contribution in [0.25, 0.3) is 0 Å². The van der Waals surface area contributed by atoms with Crippen LogP contribution in [0.5, 0.6) is 0 Å². The van der Waals surface area contributed by atoms with Crippen LogP contribution in [0.4, 0.5) is 0 Å². The Bertz CT molecular complexity index is 1060. The lowest BCUT2D eigenvalue weighted by molar-refractivity contribution is -0.221. The monoisotopic (exact) mass is 710 g/mol. The highest BCUT2D eigenvalue weighted by atomic mass is 16.7. The molecule has 0 aliphatic carbocycles. The van der Waals surface area contributed by atoms with E-state index < -0.39 is 42.5 Å². The van der Waals surface area contributed by atoms with Gasteiger partial charge in [-0.15, -0.1) is 0 Å². The fraction of sp³-hybridized carbons (Fsp3) is 0.825. The predicted octanol–water partition coefficient (Wildman–Crippen LogP) is 7.67. The Morgan fingerprint density at radius 3 is 2.28 bits per heavy atom. The van der Waals surface area contributed by atoms with Crippen molar-refractivity contribution in [1.82, 2.24) is 0 Å². The van der Waals surface area contributed by atoms with Crippen molar-refractivity contribution in [1.29, 1.82) is 0 Å². The number of rotatable bonds is 20. The van der Waals surface area contributed by atoms with Gasteiger partial charge >= 0.3 is 5.97 Å². The molecule has 0 bridgehead atoms. The molecule has 0 spiro atoms. The van der Waals surface area contributed by atoms with Gasteiger partial charge in [-0.3, -0.25) is 0 Å². The molecular formula is C40H70O10. The number of esters is 1. The average Bonchev–Trinajstić information content (AvgIpc) is 3.82. The van der Waals surface area contributed by atoms with E-state index in [2.05, 4.69) is 26.8 Å². The number of allylic oxidation sites excluding steroid dienone is 3. The molecule has 2 rings (SSSR count). The first-order chi connectivity index (χ1) is 23.7. The molecule has 1 N–H and O–H groups in total. The molecule has 0 aromatic carbocycles. The number of carbonyl (C=O) groups is 1. The van der Waals surface area contributed by atoms with Gasteiger partial charge in [0.1, 0.15) is 12.2 Å². The van der Waals surface area contributed by atoms with E-state index in [1.807, 2.05) is 73.6 Å². The second-order valence-electron chi connectivity index (χ2n) is 14.2. The summed E-state index contributed by atoms with van der Waals surface area (Å²) in [7, 11) is 0. The van der Waals surface area contributed by atoms with E-state index in [0.717, 1.165) is 18.4 Å². The van der Waals surface area contributed by atoms with Crippen LogP contribution < -0.4 is 0 Å². The van der Waals surface area contributed by atoms with Crippen LogP contribution in [0.1, 0.15) is 115 Å². The molecule has 1 fully saturated rings. The molecule has 0 amide bonds. The maximum absolute atomic E-state index is 13.7. The van der Waals surface area contributed by atoms with Gasteiger partial charge in [-0.1, -0.05) is 58.1 Å². The van der Waals surface area contributed by atoms with Crippen molar-refractivity contribution < 1.29 is 47.8 Å². The number of epoxide rings is 1. The molecule has 13 atom stereocenters. The third kappa shape index (κ3) is 14.8. The second-order valence-corrected chi connectivity index (χ2v) is 14.2. The summed E-state index contributed by atoms with van der Waals surface area (Å²) in [4.78, 5) is 13.7. The van der Waals surface area contributed by atoms with E-state index in [0.29, 0.717) is 39.1 Å². The van der Waals surface area contributed by atoms with Gasteiger partial charge in [0.15, 0.2) is 25.0 Å². The Balaban J connectivity index is 2.20. The topological polar surface area (TPSA) is 114 Å². The van der Waals surface area contributed by atoms with Gasteiger partial charge in [0.2, 0.25) is 0 Å². The van der Waals surface area contributed by atoms with Crippen molar-refractivity contribution in [3.05, 3.63) is 36.0 Å². The van der Waals surface area contributed by atoms with E-state index in [1.54, 1.807) is 13.0 Å². The summed E-state index contributed by atoms with van der Waals surface area (Å²) in [6.07, 6.45) is 9.91. The van der Waals surface area contributed by atoms with Crippen molar-refractivity contribution in [3.8, 4) is 0 Å². The summed E-state index contributed by atoms with van der Waals surface area (Å²) in [6.45, 7) is 25.2. The third-order valence-corrected chi connectivity index (χ3v) is 9.69. The van der Waals surface area contributed by atoms with Gasteiger partial charge in [-0.25, -0.2) is 4.79 Å². The van der Waals surface area contributed by atoms with Gasteiger partial charge in [0.05, 0.1) is 23.9 Å². The van der Waals surface area contributed by atoms with Crippen molar-refractivity contribution in [2.45, 2.75) is 176 Å². The normalized spacial score (nSPS) is 32.7. The smallest absolute Gasteiger partial charge is 0.335 e. The Labute approximate surface area is 303 Å². The van der Waals surface area contributed by atoms with Gasteiger partial charge in [-0.2, -0.15) is 0 Å². The van der Waals surface area contributed by atoms with Crippen molar-refractivity contribution in [3.63, 3.8) is 0 Å². The zero-order valence-corrected chi connectivity index (χ0v) is 33.1. The van der Waals surface area contributed by atoms with Crippen LogP contribution in [0, 0.1) is 17.8 Å². The highest BCUT2D eigenvalue weighted by molar-refractivity contribution is 5.75. The van der Waals surface area contributed by atoms with E-state index in [-0.39, 0.29) is 42.4 Å². The number of aliphatic hydroxyl groups is 1. The molecule has 2 aliphatic heterocycles. The zero-order valence-electron chi connectivity index (χ0n) is 33.1. The summed E-state index contributed by atoms with van der Waals surface area (Å²) in [5.41, 5.74) is -0.0517. The second kappa shape index (κ2) is 22.4. The van der Waals surface area contributed by atoms with Gasteiger partial charge in [0, 0.05) is 31.7 Å². The van der Waals surface area contributed by atoms with Gasteiger partial charge < -0.3 is 43.0 Å². The summed E-state index contributed by atoms with van der Waals surface area (Å²) in [5, 5.41) is 11.4. The lowest BCUT2D eigenvalue weighted by Gasteiger charge is -2.37. The minimum Gasteiger partial charge on any atom is -0.455 e. The summed E-state index contributed by atoms with van der Waals surface area (Å²) < 4.78 is 47.6. The molecule has 13 unspecified atom stereocenters. The average molecular weight is 711 g/mol. The number of carbonyl (C=O) groups excluding carboxylic acids is 1. The molecule has 10 heteroatoms. The summed E-state index contributed by atoms with van der Waals surface area (Å²) in [6, 6.07) is 0. The molecule has 2 heterocycles. The molecule has 50 heavy (non-hydrogen) atoms. The zero-order chi connectivity index (χ0) is 37.4. The minimum absolute atomic E-state index is 0.0843. The van der Waals surface area contributed by atoms with Gasteiger partial charge in [-0.05, 0) is 99.0 Å². The van der Waals surface area contributed by atoms with Gasteiger partial charge in [0.25, 0.3) is 0 Å². The highest BCUT2D eigenvalue weighted by Gasteiger charge is 2.46. The largest absolute Gasteiger partial charge is 0.455 e. The minimum atomic E-state index is -0.933. The molecule has 290 valence electrons. The van der Waals surface area contributed by atoms with E-state index in [1.165, 1.54) is 0 Å². The Morgan fingerprint density at radius 2 is 1.64 bits per heavy atom. The quantitative estimate of drug-likeness (QED) is 0.0444. The Hall–Kier alpha value is -1.63. The standard InChI is InChI=1S/C40H70O10/c1-13-33(46-30(9)43-14-2)29(8)38-35(48-38)25-26(5)19-17-20-27(6)37-28(7)22-23-36(41)40(12,50-32(11)45-16-4)24-18-21-34(39(42)49-37)47-31(10)44-15-3/h17,19-20,22-23,26,28-38,41H,13-16,18,21,24-25H2,1-12H3/b19-17+,23-22-,27-20+. The number of aliphatic hydroxyl groups excluding tert-OH is 1. The number of hydrogen-bond acceptors (Lipinski definition) is 10. The first-order valence-electron chi connectivity index (χ1n) is 19.1. The Kier molecular flexibility index (Phi) is 20.0. The third-order valence-electron chi connectivity index (χ3n) is 9.69. The van der Waals surface area contributed by atoms with Crippen molar-refractivity contribution in [2.24, 2.45) is 17.8 Å². The van der Waals surface area contributed by atoms with Crippen LogP contribution in [0.2, 0.25) is 0 Å². The molecule has 0 aromatic heterocycles. The predicted molar refractivity (Wildman–Crippen MR) is 195 cm³/mol. The molecule has 0 aromatic rings. The summed E-state index contributed by atoms with van der Waals surface area (Å²) >= 11 is 0. The van der Waals surface area contributed by atoms with Crippen LogP contribution in [0.15, 0.2) is 36.0 Å². The van der Waals surface area contributed by atoms with E-state index in [4.69, 9.17) is 37.9 Å². The molecule has 1 saturated heterocycles. The fourth-order valence-electron chi connectivity index (χ4n) is 6.78. The molecular weight excluding hydrogens is 640 g/mol. The van der Waals surface area contributed by atoms with Crippen LogP contribution >= 0.6 is 0 Å². The SMILES string of the molecule is CCOC(C)OC1CCCC(C)(OC(C)OCC)C(O)/C=C\C(C)C(/C(C)=C/C=C/C(C)CC2OC2C(C)C(CC)OC(C)OCC)OC1=O. The maximum atomic E-state index is 13.7. The van der Waals surface area contributed by atoms with Crippen LogP contribution in [-0.4, -0.2) is 92.0 Å².